The van der Waals surface area contributed by atoms with Gasteiger partial charge in [-0.1, -0.05) is 58.0 Å². The Kier molecular flexibility index (Phi) is 9.15. The topological polar surface area (TPSA) is 29.5 Å². The van der Waals surface area contributed by atoms with E-state index in [2.05, 4.69) is 27.7 Å². The van der Waals surface area contributed by atoms with Gasteiger partial charge in [0, 0.05) is 0 Å². The predicted molar refractivity (Wildman–Crippen MR) is 173 cm³/mol. The highest BCUT2D eigenvalue weighted by molar-refractivity contribution is 6.84. The van der Waals surface area contributed by atoms with Crippen LogP contribution in [-0.4, -0.2) is 30.8 Å². The van der Waals surface area contributed by atoms with E-state index < -0.39 is 25.7 Å². The molecule has 10 atom stereocenters. The van der Waals surface area contributed by atoms with Crippen molar-refractivity contribution in [2.75, 3.05) is 0 Å². The van der Waals surface area contributed by atoms with Crippen molar-refractivity contribution in [2.24, 2.45) is 46.3 Å². The monoisotopic (exact) mass is 620 g/mol. The average molecular weight is 621 g/mol. The molecule has 5 rings (SSSR count). The van der Waals surface area contributed by atoms with E-state index in [4.69, 9.17) is 4.43 Å². The SMILES string of the molecule is CC[C@]1(O)CC[C@@H]2CC[C@@H]3[C@H](CC[C@]4(C)[C@@H]([C@H](C)CC[C@](C)(O[Si](C)(C)c5ccccc5)C(F)(F)F)CC[C@@H]34)[C@@]2(C)CC1. The third kappa shape index (κ3) is 6.04. The number of fused-ring (bicyclic) bond motifs is 5. The Morgan fingerprint density at radius 1 is 0.907 bits per heavy atom. The molecular formula is C37H59F3O2Si. The molecule has 1 N–H and O–H groups in total. The van der Waals surface area contributed by atoms with Crippen molar-refractivity contribution >= 4 is 13.5 Å². The molecule has 43 heavy (non-hydrogen) atoms. The zero-order chi connectivity index (χ0) is 31.5. The van der Waals surface area contributed by atoms with Crippen LogP contribution in [0.4, 0.5) is 13.2 Å². The number of halogens is 3. The van der Waals surface area contributed by atoms with Crippen molar-refractivity contribution in [1.29, 1.82) is 0 Å². The summed E-state index contributed by atoms with van der Waals surface area (Å²) in [5, 5.41) is 12.1. The quantitative estimate of drug-likeness (QED) is 0.293. The lowest BCUT2D eigenvalue weighted by Crippen LogP contribution is -2.57. The van der Waals surface area contributed by atoms with Gasteiger partial charge in [-0.2, -0.15) is 13.2 Å². The second kappa shape index (κ2) is 11.7. The highest BCUT2D eigenvalue weighted by Gasteiger charge is 2.61. The zero-order valence-electron chi connectivity index (χ0n) is 28.0. The molecule has 4 aliphatic rings. The summed E-state index contributed by atoms with van der Waals surface area (Å²) in [6, 6.07) is 9.50. The Hall–Kier alpha value is -0.853. The standard InChI is InChI=1S/C37H59F3O2Si/c1-8-36(41)23-19-27-14-15-29-31-17-16-30(34(31,4)21-20-32(29)33(27,3)24-25-36)26(2)18-22-35(5,37(38,39)40)42-43(6,7)28-12-10-9-11-13-28/h9-13,26-27,29-32,41H,8,14-25H2,1-7H3/t26-,27+,29+,30-,31+,32+,33+,34-,35+,36+/m1/s1. The first-order chi connectivity index (χ1) is 20.0. The van der Waals surface area contributed by atoms with Gasteiger partial charge >= 0.3 is 6.18 Å². The number of rotatable bonds is 8. The van der Waals surface area contributed by atoms with Gasteiger partial charge < -0.3 is 9.53 Å². The summed E-state index contributed by atoms with van der Waals surface area (Å²) in [5.74, 6) is 3.57. The van der Waals surface area contributed by atoms with Gasteiger partial charge in [0.2, 0.25) is 8.32 Å². The molecule has 0 saturated heterocycles. The molecular weight excluding hydrogens is 561 g/mol. The van der Waals surface area contributed by atoms with Crippen LogP contribution in [0.25, 0.3) is 0 Å². The molecule has 4 saturated carbocycles. The molecule has 0 unspecified atom stereocenters. The van der Waals surface area contributed by atoms with Gasteiger partial charge in [0.15, 0.2) is 0 Å². The van der Waals surface area contributed by atoms with E-state index in [0.717, 1.165) is 61.5 Å². The molecule has 0 aliphatic heterocycles. The van der Waals surface area contributed by atoms with Gasteiger partial charge in [0.25, 0.3) is 0 Å². The van der Waals surface area contributed by atoms with Crippen LogP contribution in [0.3, 0.4) is 0 Å². The Balaban J connectivity index is 1.28. The maximum Gasteiger partial charge on any atom is 0.416 e. The van der Waals surface area contributed by atoms with E-state index in [9.17, 15) is 18.3 Å². The molecule has 2 nitrogen and oxygen atoms in total. The Morgan fingerprint density at radius 3 is 2.23 bits per heavy atom. The fourth-order valence-corrected chi connectivity index (χ4v) is 13.7. The third-order valence-electron chi connectivity index (χ3n) is 14.2. The van der Waals surface area contributed by atoms with Crippen molar-refractivity contribution in [3.05, 3.63) is 30.3 Å². The summed E-state index contributed by atoms with van der Waals surface area (Å²) in [5.41, 5.74) is -2.10. The molecule has 0 amide bonds. The maximum atomic E-state index is 14.7. The molecule has 0 bridgehead atoms. The van der Waals surface area contributed by atoms with E-state index in [-0.39, 0.29) is 17.8 Å². The molecule has 4 fully saturated rings. The summed E-state index contributed by atoms with van der Waals surface area (Å²) in [6.07, 6.45) is 8.62. The number of aliphatic hydroxyl groups is 1. The van der Waals surface area contributed by atoms with Crippen LogP contribution in [0.2, 0.25) is 13.1 Å². The fraction of sp³-hybridized carbons (Fsp3) is 0.838. The minimum Gasteiger partial charge on any atom is -0.399 e. The lowest BCUT2D eigenvalue weighted by molar-refractivity contribution is -0.248. The molecule has 6 heteroatoms. The summed E-state index contributed by atoms with van der Waals surface area (Å²) in [7, 11) is -2.76. The molecule has 1 aromatic carbocycles. The smallest absolute Gasteiger partial charge is 0.399 e. The van der Waals surface area contributed by atoms with Gasteiger partial charge in [-0.3, -0.25) is 0 Å². The lowest BCUT2D eigenvalue weighted by atomic mass is 9.46. The van der Waals surface area contributed by atoms with Gasteiger partial charge in [-0.05, 0) is 155 Å². The summed E-state index contributed by atoms with van der Waals surface area (Å²) >= 11 is 0. The van der Waals surface area contributed by atoms with Crippen LogP contribution in [0, 0.1) is 46.3 Å². The zero-order valence-corrected chi connectivity index (χ0v) is 29.0. The van der Waals surface area contributed by atoms with Crippen LogP contribution < -0.4 is 5.19 Å². The van der Waals surface area contributed by atoms with Crippen molar-refractivity contribution in [1.82, 2.24) is 0 Å². The van der Waals surface area contributed by atoms with Crippen molar-refractivity contribution < 1.29 is 22.7 Å². The first kappa shape index (κ1) is 33.5. The molecule has 1 aromatic rings. The van der Waals surface area contributed by atoms with Gasteiger partial charge in [-0.15, -0.1) is 0 Å². The van der Waals surface area contributed by atoms with Crippen LogP contribution in [0.1, 0.15) is 118 Å². The Bertz CT molecular complexity index is 1110. The van der Waals surface area contributed by atoms with Crippen molar-refractivity contribution in [3.8, 4) is 0 Å². The van der Waals surface area contributed by atoms with Gasteiger partial charge in [0.05, 0.1) is 5.60 Å². The Morgan fingerprint density at radius 2 is 1.58 bits per heavy atom. The summed E-state index contributed by atoms with van der Waals surface area (Å²) < 4.78 is 50.2. The molecule has 0 radical (unpaired) electrons. The average Bonchev–Trinajstić information content (AvgIpc) is 3.24. The fourth-order valence-electron chi connectivity index (χ4n) is 11.2. The predicted octanol–water partition coefficient (Wildman–Crippen LogP) is 10.0. The third-order valence-corrected chi connectivity index (χ3v) is 16.9. The van der Waals surface area contributed by atoms with Crippen molar-refractivity contribution in [3.63, 3.8) is 0 Å². The van der Waals surface area contributed by atoms with Crippen molar-refractivity contribution in [2.45, 2.75) is 149 Å². The van der Waals surface area contributed by atoms with E-state index in [1.807, 2.05) is 43.4 Å². The summed E-state index contributed by atoms with van der Waals surface area (Å²) in [4.78, 5) is 0. The Labute approximate surface area is 261 Å². The molecule has 0 spiro atoms. The van der Waals surface area contributed by atoms with Gasteiger partial charge in [-0.25, -0.2) is 0 Å². The number of hydrogen-bond donors (Lipinski definition) is 1. The summed E-state index contributed by atoms with van der Waals surface area (Å²) in [6.45, 7) is 14.5. The molecule has 0 aromatic heterocycles. The number of hydrogen-bond acceptors (Lipinski definition) is 2. The van der Waals surface area contributed by atoms with E-state index >= 15 is 0 Å². The van der Waals surface area contributed by atoms with Crippen LogP contribution in [0.15, 0.2) is 30.3 Å². The first-order valence-corrected chi connectivity index (χ1v) is 20.4. The highest BCUT2D eigenvalue weighted by atomic mass is 28.4. The molecule has 0 heterocycles. The van der Waals surface area contributed by atoms with Crippen LogP contribution in [0.5, 0.6) is 0 Å². The lowest BCUT2D eigenvalue weighted by Gasteiger charge is -2.59. The maximum absolute atomic E-state index is 14.7. The normalized spacial score (nSPS) is 40.5. The largest absolute Gasteiger partial charge is 0.416 e. The number of alkyl halides is 3. The first-order valence-electron chi connectivity index (χ1n) is 17.5. The molecule has 4 aliphatic carbocycles. The van der Waals surface area contributed by atoms with Crippen LogP contribution in [-0.2, 0) is 4.43 Å². The number of benzene rings is 1. The minimum absolute atomic E-state index is 0.0182. The second-order valence-corrected chi connectivity index (χ2v) is 20.5. The second-order valence-electron chi connectivity index (χ2n) is 16.7. The minimum atomic E-state index is -4.41. The van der Waals surface area contributed by atoms with Gasteiger partial charge in [0.1, 0.15) is 5.60 Å². The van der Waals surface area contributed by atoms with E-state index in [1.165, 1.54) is 39.0 Å². The van der Waals surface area contributed by atoms with E-state index in [1.54, 1.807) is 0 Å². The van der Waals surface area contributed by atoms with Crippen LogP contribution >= 0.6 is 0 Å². The molecule has 244 valence electrons. The van der Waals surface area contributed by atoms with E-state index in [0.29, 0.717) is 23.7 Å². The highest BCUT2D eigenvalue weighted by Crippen LogP contribution is 2.68.